The van der Waals surface area contributed by atoms with Crippen LogP contribution in [0, 0.1) is 0 Å². The van der Waals surface area contributed by atoms with Gasteiger partial charge in [0.2, 0.25) is 5.91 Å². The number of hydrogen-bond donors (Lipinski definition) is 2. The molecule has 2 N–H and O–H groups in total. The highest BCUT2D eigenvalue weighted by molar-refractivity contribution is 5.76. The molecule has 0 saturated carbocycles. The number of hydrogen-bond acceptors (Lipinski definition) is 4. The number of carbonyl (C=O) groups excluding carboxylic acids is 2. The molecule has 0 aromatic carbocycles. The summed E-state index contributed by atoms with van der Waals surface area (Å²) in [7, 11) is 0. The standard InChI is InChI=1S/C17H33N3O3/c1-14-8-5-6-12-20(14)13-7-10-18-15(21)9-11-19-16(22)23-17(2,3)4/h14H,5-13H2,1-4H3,(H,18,21)(H,19,22). The molecule has 2 amide bonds. The topological polar surface area (TPSA) is 70.7 Å². The SMILES string of the molecule is CC1CCCCN1CCCNC(=O)CCNC(=O)OC(C)(C)C. The first-order valence-electron chi connectivity index (χ1n) is 8.75. The van der Waals surface area contributed by atoms with Crippen molar-refractivity contribution in [2.45, 2.75) is 71.4 Å². The van der Waals surface area contributed by atoms with E-state index in [1.807, 2.05) is 20.8 Å². The summed E-state index contributed by atoms with van der Waals surface area (Å²) >= 11 is 0. The van der Waals surface area contributed by atoms with Gasteiger partial charge in [-0.15, -0.1) is 0 Å². The third-order valence-corrected chi connectivity index (χ3v) is 3.91. The van der Waals surface area contributed by atoms with E-state index in [0.717, 1.165) is 13.0 Å². The van der Waals surface area contributed by atoms with E-state index in [1.165, 1.54) is 25.8 Å². The molecule has 0 aromatic heterocycles. The Bertz CT molecular complexity index is 380. The fourth-order valence-electron chi connectivity index (χ4n) is 2.68. The number of rotatable bonds is 7. The maximum absolute atomic E-state index is 11.7. The van der Waals surface area contributed by atoms with Crippen LogP contribution in [0.4, 0.5) is 4.79 Å². The summed E-state index contributed by atoms with van der Waals surface area (Å²) in [4.78, 5) is 25.6. The number of nitrogens with one attached hydrogen (secondary N) is 2. The minimum Gasteiger partial charge on any atom is -0.444 e. The molecule has 1 atom stereocenters. The number of alkyl carbamates (subject to hydrolysis) is 1. The van der Waals surface area contributed by atoms with Crippen LogP contribution in [-0.4, -0.2) is 54.7 Å². The van der Waals surface area contributed by atoms with Gasteiger partial charge in [-0.1, -0.05) is 6.42 Å². The van der Waals surface area contributed by atoms with Crippen LogP contribution >= 0.6 is 0 Å². The van der Waals surface area contributed by atoms with Gasteiger partial charge >= 0.3 is 6.09 Å². The molecule has 1 aliphatic rings. The molecular formula is C17H33N3O3. The minimum absolute atomic E-state index is 0.0345. The summed E-state index contributed by atoms with van der Waals surface area (Å²) in [5.74, 6) is -0.0345. The quantitative estimate of drug-likeness (QED) is 0.704. The summed E-state index contributed by atoms with van der Waals surface area (Å²) in [6.07, 6.45) is 4.66. The molecule has 0 aromatic rings. The monoisotopic (exact) mass is 327 g/mol. The maximum atomic E-state index is 11.7. The zero-order valence-corrected chi connectivity index (χ0v) is 15.1. The molecule has 1 saturated heterocycles. The second-order valence-electron chi connectivity index (χ2n) is 7.26. The third kappa shape index (κ3) is 9.43. The first-order chi connectivity index (χ1) is 10.8. The molecule has 1 heterocycles. The second-order valence-corrected chi connectivity index (χ2v) is 7.26. The molecule has 1 aliphatic heterocycles. The average Bonchev–Trinajstić information content (AvgIpc) is 2.43. The van der Waals surface area contributed by atoms with E-state index in [2.05, 4.69) is 22.5 Å². The molecule has 1 rings (SSSR count). The molecule has 6 heteroatoms. The summed E-state index contributed by atoms with van der Waals surface area (Å²) in [6.45, 7) is 10.9. The lowest BCUT2D eigenvalue weighted by Gasteiger charge is -2.33. The fraction of sp³-hybridized carbons (Fsp3) is 0.882. The highest BCUT2D eigenvalue weighted by atomic mass is 16.6. The van der Waals surface area contributed by atoms with Crippen molar-refractivity contribution in [3.05, 3.63) is 0 Å². The zero-order chi connectivity index (χ0) is 17.3. The number of amides is 2. The Morgan fingerprint density at radius 3 is 2.57 bits per heavy atom. The van der Waals surface area contributed by atoms with Gasteiger partial charge in [-0.3, -0.25) is 4.79 Å². The predicted octanol–water partition coefficient (Wildman–Crippen LogP) is 2.28. The number of likely N-dealkylation sites (tertiary alicyclic amines) is 1. The van der Waals surface area contributed by atoms with Crippen molar-refractivity contribution in [2.75, 3.05) is 26.2 Å². The lowest BCUT2D eigenvalue weighted by Crippen LogP contribution is -2.39. The summed E-state index contributed by atoms with van der Waals surface area (Å²) < 4.78 is 5.11. The van der Waals surface area contributed by atoms with Crippen LogP contribution in [0.25, 0.3) is 0 Å². The van der Waals surface area contributed by atoms with E-state index in [9.17, 15) is 9.59 Å². The van der Waals surface area contributed by atoms with Crippen molar-refractivity contribution < 1.29 is 14.3 Å². The number of piperidine rings is 1. The Morgan fingerprint density at radius 2 is 1.91 bits per heavy atom. The van der Waals surface area contributed by atoms with Gasteiger partial charge in [0.05, 0.1) is 0 Å². The van der Waals surface area contributed by atoms with Crippen LogP contribution < -0.4 is 10.6 Å². The van der Waals surface area contributed by atoms with Crippen molar-refractivity contribution in [1.82, 2.24) is 15.5 Å². The van der Waals surface area contributed by atoms with Crippen molar-refractivity contribution in [1.29, 1.82) is 0 Å². The molecule has 0 spiro atoms. The highest BCUT2D eigenvalue weighted by Crippen LogP contribution is 2.16. The Morgan fingerprint density at radius 1 is 1.17 bits per heavy atom. The minimum atomic E-state index is -0.516. The molecule has 6 nitrogen and oxygen atoms in total. The Balaban J connectivity index is 2.03. The van der Waals surface area contributed by atoms with Gasteiger partial charge in [-0.25, -0.2) is 4.79 Å². The lowest BCUT2D eigenvalue weighted by atomic mass is 10.0. The van der Waals surface area contributed by atoms with Gasteiger partial charge in [-0.2, -0.15) is 0 Å². The van der Waals surface area contributed by atoms with Crippen molar-refractivity contribution in [2.24, 2.45) is 0 Å². The molecule has 0 bridgehead atoms. The molecule has 0 radical (unpaired) electrons. The summed E-state index contributed by atoms with van der Waals surface area (Å²) in [5, 5.41) is 5.49. The Labute approximate surface area is 140 Å². The van der Waals surface area contributed by atoms with Gasteiger partial charge in [0.15, 0.2) is 0 Å². The van der Waals surface area contributed by atoms with E-state index in [0.29, 0.717) is 19.1 Å². The number of ether oxygens (including phenoxy) is 1. The fourth-order valence-corrected chi connectivity index (χ4v) is 2.68. The smallest absolute Gasteiger partial charge is 0.407 e. The van der Waals surface area contributed by atoms with Gasteiger partial charge in [-0.05, 0) is 53.5 Å². The maximum Gasteiger partial charge on any atom is 0.407 e. The summed E-state index contributed by atoms with van der Waals surface area (Å²) in [6, 6.07) is 0.664. The molecule has 23 heavy (non-hydrogen) atoms. The van der Waals surface area contributed by atoms with Gasteiger partial charge < -0.3 is 20.3 Å². The van der Waals surface area contributed by atoms with Crippen LogP contribution in [0.15, 0.2) is 0 Å². The van der Waals surface area contributed by atoms with Crippen LogP contribution in [0.1, 0.15) is 59.8 Å². The van der Waals surface area contributed by atoms with E-state index >= 15 is 0 Å². The highest BCUT2D eigenvalue weighted by Gasteiger charge is 2.17. The third-order valence-electron chi connectivity index (χ3n) is 3.91. The number of carbonyl (C=O) groups is 2. The second kappa shape index (κ2) is 9.75. The first kappa shape index (κ1) is 19.7. The Hall–Kier alpha value is -1.30. The zero-order valence-electron chi connectivity index (χ0n) is 15.1. The van der Waals surface area contributed by atoms with Crippen LogP contribution in [0.2, 0.25) is 0 Å². The van der Waals surface area contributed by atoms with Gasteiger partial charge in [0, 0.05) is 32.1 Å². The summed E-state index contributed by atoms with van der Waals surface area (Å²) in [5.41, 5.74) is -0.516. The molecule has 0 aliphatic carbocycles. The van der Waals surface area contributed by atoms with Crippen molar-refractivity contribution >= 4 is 12.0 Å². The van der Waals surface area contributed by atoms with Crippen LogP contribution in [0.5, 0.6) is 0 Å². The van der Waals surface area contributed by atoms with Gasteiger partial charge in [0.1, 0.15) is 5.60 Å². The number of nitrogens with zero attached hydrogens (tertiary/aromatic N) is 1. The largest absolute Gasteiger partial charge is 0.444 e. The normalized spacial score (nSPS) is 19.2. The average molecular weight is 327 g/mol. The lowest BCUT2D eigenvalue weighted by molar-refractivity contribution is -0.120. The van der Waals surface area contributed by atoms with E-state index < -0.39 is 11.7 Å². The Kier molecular flexibility index (Phi) is 8.37. The molecule has 134 valence electrons. The van der Waals surface area contributed by atoms with Crippen molar-refractivity contribution in [3.63, 3.8) is 0 Å². The van der Waals surface area contributed by atoms with Crippen molar-refractivity contribution in [3.8, 4) is 0 Å². The van der Waals surface area contributed by atoms with E-state index in [4.69, 9.17) is 4.74 Å². The predicted molar refractivity (Wildman–Crippen MR) is 91.4 cm³/mol. The van der Waals surface area contributed by atoms with E-state index in [-0.39, 0.29) is 12.3 Å². The van der Waals surface area contributed by atoms with Crippen LogP contribution in [-0.2, 0) is 9.53 Å². The first-order valence-corrected chi connectivity index (χ1v) is 8.75. The van der Waals surface area contributed by atoms with Gasteiger partial charge in [0.25, 0.3) is 0 Å². The molecule has 1 fully saturated rings. The van der Waals surface area contributed by atoms with E-state index in [1.54, 1.807) is 0 Å². The molecule has 1 unspecified atom stereocenters. The van der Waals surface area contributed by atoms with Crippen LogP contribution in [0.3, 0.4) is 0 Å². The molecular weight excluding hydrogens is 294 g/mol.